The van der Waals surface area contributed by atoms with Crippen LogP contribution in [-0.4, -0.2) is 35.2 Å². The van der Waals surface area contributed by atoms with Gasteiger partial charge in [0.15, 0.2) is 6.61 Å². The van der Waals surface area contributed by atoms with Gasteiger partial charge in [-0.25, -0.2) is 0 Å². The van der Waals surface area contributed by atoms with Gasteiger partial charge in [0.1, 0.15) is 5.75 Å². The highest BCUT2D eigenvalue weighted by atomic mass is 16.5. The topological polar surface area (TPSA) is 102 Å². The molecular formula is C22H22N4O4. The van der Waals surface area contributed by atoms with Crippen LogP contribution in [0.3, 0.4) is 0 Å². The average molecular weight is 406 g/mol. The first-order valence-electron chi connectivity index (χ1n) is 9.41. The lowest BCUT2D eigenvalue weighted by molar-refractivity contribution is -0.118. The number of carbonyl (C=O) groups excluding carboxylic acids is 2. The van der Waals surface area contributed by atoms with Gasteiger partial charge in [-0.15, -0.1) is 10.2 Å². The summed E-state index contributed by atoms with van der Waals surface area (Å²) in [5, 5.41) is 13.6. The largest absolute Gasteiger partial charge is 0.484 e. The molecule has 2 N–H and O–H groups in total. The Morgan fingerprint density at radius 1 is 0.833 bits per heavy atom. The number of rotatable bonds is 8. The first-order chi connectivity index (χ1) is 14.5. The molecule has 1 aromatic heterocycles. The minimum absolute atomic E-state index is 0.133. The third-order valence-corrected chi connectivity index (χ3v) is 3.94. The van der Waals surface area contributed by atoms with Crippen LogP contribution in [0.2, 0.25) is 0 Å². The summed E-state index contributed by atoms with van der Waals surface area (Å²) in [6, 6.07) is 17.6. The fraction of sp³-hybridized carbons (Fsp3) is 0.182. The molecule has 0 saturated heterocycles. The van der Waals surface area contributed by atoms with Crippen LogP contribution >= 0.6 is 0 Å². The van der Waals surface area contributed by atoms with Crippen LogP contribution in [0.25, 0.3) is 11.3 Å². The van der Waals surface area contributed by atoms with Crippen molar-refractivity contribution < 1.29 is 19.1 Å². The average Bonchev–Trinajstić information content (AvgIpc) is 2.74. The van der Waals surface area contributed by atoms with Crippen molar-refractivity contribution in [1.82, 2.24) is 10.2 Å². The van der Waals surface area contributed by atoms with Crippen LogP contribution in [0.4, 0.5) is 11.4 Å². The molecule has 0 radical (unpaired) electrons. The second-order valence-corrected chi connectivity index (χ2v) is 6.31. The summed E-state index contributed by atoms with van der Waals surface area (Å²) in [6.45, 7) is 3.73. The standard InChI is InChI=1S/C22H22N4O4/c1-3-29-22-13-12-20(25-26-22)16-4-6-18(7-5-16)24-21(28)14-30-19-10-8-17(9-11-19)23-15(2)27/h4-13H,3,14H2,1-2H3,(H,23,27)(H,24,28). The van der Waals surface area contributed by atoms with Gasteiger partial charge >= 0.3 is 0 Å². The van der Waals surface area contributed by atoms with E-state index in [1.165, 1.54) is 6.92 Å². The van der Waals surface area contributed by atoms with E-state index >= 15 is 0 Å². The molecule has 3 rings (SSSR count). The second-order valence-electron chi connectivity index (χ2n) is 6.31. The van der Waals surface area contributed by atoms with Crippen molar-refractivity contribution in [2.24, 2.45) is 0 Å². The summed E-state index contributed by atoms with van der Waals surface area (Å²) in [5.41, 5.74) is 2.89. The molecule has 0 aliphatic heterocycles. The number of benzene rings is 2. The maximum atomic E-state index is 12.1. The minimum Gasteiger partial charge on any atom is -0.484 e. The molecule has 2 amide bonds. The smallest absolute Gasteiger partial charge is 0.262 e. The fourth-order valence-corrected chi connectivity index (χ4v) is 2.61. The van der Waals surface area contributed by atoms with Crippen LogP contribution < -0.4 is 20.1 Å². The second kappa shape index (κ2) is 10.0. The van der Waals surface area contributed by atoms with E-state index in [0.29, 0.717) is 35.3 Å². The van der Waals surface area contributed by atoms with E-state index < -0.39 is 0 Å². The lowest BCUT2D eigenvalue weighted by Gasteiger charge is -2.09. The van der Waals surface area contributed by atoms with Crippen molar-refractivity contribution in [3.63, 3.8) is 0 Å². The van der Waals surface area contributed by atoms with Gasteiger partial charge in [-0.1, -0.05) is 12.1 Å². The lowest BCUT2D eigenvalue weighted by Crippen LogP contribution is -2.20. The molecule has 30 heavy (non-hydrogen) atoms. The molecule has 0 saturated carbocycles. The molecule has 3 aromatic rings. The number of hydrogen-bond acceptors (Lipinski definition) is 6. The third kappa shape index (κ3) is 6.03. The highest BCUT2D eigenvalue weighted by Crippen LogP contribution is 2.20. The minimum atomic E-state index is -0.283. The zero-order valence-electron chi connectivity index (χ0n) is 16.7. The number of nitrogens with one attached hydrogen (secondary N) is 2. The van der Waals surface area contributed by atoms with Gasteiger partial charge in [0.2, 0.25) is 11.8 Å². The SMILES string of the molecule is CCOc1ccc(-c2ccc(NC(=O)COc3ccc(NC(C)=O)cc3)cc2)nn1. The fourth-order valence-electron chi connectivity index (χ4n) is 2.61. The summed E-state index contributed by atoms with van der Waals surface area (Å²) in [4.78, 5) is 23.1. The number of ether oxygens (including phenoxy) is 2. The van der Waals surface area contributed by atoms with E-state index in [2.05, 4.69) is 20.8 Å². The predicted octanol–water partition coefficient (Wildman–Crippen LogP) is 3.52. The Bertz CT molecular complexity index is 987. The molecular weight excluding hydrogens is 384 g/mol. The van der Waals surface area contributed by atoms with Gasteiger partial charge in [0.25, 0.3) is 5.91 Å². The maximum Gasteiger partial charge on any atom is 0.262 e. The van der Waals surface area contributed by atoms with Crippen LogP contribution in [0.1, 0.15) is 13.8 Å². The number of aromatic nitrogens is 2. The summed E-state index contributed by atoms with van der Waals surface area (Å²) < 4.78 is 10.8. The monoisotopic (exact) mass is 406 g/mol. The molecule has 0 fully saturated rings. The maximum absolute atomic E-state index is 12.1. The van der Waals surface area contributed by atoms with E-state index in [-0.39, 0.29) is 18.4 Å². The van der Waals surface area contributed by atoms with Crippen LogP contribution in [-0.2, 0) is 9.59 Å². The molecule has 0 unspecified atom stereocenters. The zero-order valence-corrected chi connectivity index (χ0v) is 16.7. The summed E-state index contributed by atoms with van der Waals surface area (Å²) in [7, 11) is 0. The Kier molecular flexibility index (Phi) is 6.94. The molecule has 154 valence electrons. The summed E-state index contributed by atoms with van der Waals surface area (Å²) in [6.07, 6.45) is 0. The molecule has 0 atom stereocenters. The van der Waals surface area contributed by atoms with Gasteiger partial charge in [-0.3, -0.25) is 9.59 Å². The molecule has 1 heterocycles. The van der Waals surface area contributed by atoms with Gasteiger partial charge in [-0.05, 0) is 49.4 Å². The number of carbonyl (C=O) groups is 2. The van der Waals surface area contributed by atoms with E-state index in [1.807, 2.05) is 25.1 Å². The van der Waals surface area contributed by atoms with Crippen LogP contribution in [0.15, 0.2) is 60.7 Å². The van der Waals surface area contributed by atoms with Crippen molar-refractivity contribution in [2.75, 3.05) is 23.8 Å². The Morgan fingerprint density at radius 2 is 1.50 bits per heavy atom. The van der Waals surface area contributed by atoms with Crippen molar-refractivity contribution in [2.45, 2.75) is 13.8 Å². The van der Waals surface area contributed by atoms with E-state index in [4.69, 9.17) is 9.47 Å². The number of nitrogens with zero attached hydrogens (tertiary/aromatic N) is 2. The first kappa shape index (κ1) is 20.8. The van der Waals surface area contributed by atoms with Crippen molar-refractivity contribution >= 4 is 23.2 Å². The van der Waals surface area contributed by atoms with Crippen molar-refractivity contribution in [3.05, 3.63) is 60.7 Å². The summed E-state index contributed by atoms with van der Waals surface area (Å²) in [5.74, 6) is 0.580. The third-order valence-electron chi connectivity index (χ3n) is 3.94. The Hall–Kier alpha value is -3.94. The normalized spacial score (nSPS) is 10.2. The Balaban J connectivity index is 1.51. The molecule has 2 aromatic carbocycles. The van der Waals surface area contributed by atoms with Crippen LogP contribution in [0, 0.1) is 0 Å². The zero-order chi connectivity index (χ0) is 21.3. The molecule has 0 aliphatic rings. The molecule has 8 nitrogen and oxygen atoms in total. The Morgan fingerprint density at radius 3 is 2.10 bits per heavy atom. The predicted molar refractivity (Wildman–Crippen MR) is 114 cm³/mol. The number of amides is 2. The molecule has 0 aliphatic carbocycles. The first-order valence-corrected chi connectivity index (χ1v) is 9.41. The molecule has 0 bridgehead atoms. The van der Waals surface area contributed by atoms with Crippen molar-refractivity contribution in [3.8, 4) is 22.9 Å². The van der Waals surface area contributed by atoms with E-state index in [1.54, 1.807) is 42.5 Å². The van der Waals surface area contributed by atoms with Crippen molar-refractivity contribution in [1.29, 1.82) is 0 Å². The molecule has 0 spiro atoms. The summed E-state index contributed by atoms with van der Waals surface area (Å²) >= 11 is 0. The highest BCUT2D eigenvalue weighted by Gasteiger charge is 2.06. The van der Waals surface area contributed by atoms with Gasteiger partial charge in [0.05, 0.1) is 12.3 Å². The van der Waals surface area contributed by atoms with E-state index in [9.17, 15) is 9.59 Å². The molecule has 8 heteroatoms. The highest BCUT2D eigenvalue weighted by molar-refractivity contribution is 5.92. The number of hydrogen-bond donors (Lipinski definition) is 2. The van der Waals surface area contributed by atoms with E-state index in [0.717, 1.165) is 5.56 Å². The van der Waals surface area contributed by atoms with Gasteiger partial charge < -0.3 is 20.1 Å². The number of anilines is 2. The quantitative estimate of drug-likeness (QED) is 0.593. The Labute approximate surface area is 174 Å². The van der Waals surface area contributed by atoms with Gasteiger partial charge in [0, 0.05) is 29.9 Å². The van der Waals surface area contributed by atoms with Crippen LogP contribution in [0.5, 0.6) is 11.6 Å². The lowest BCUT2D eigenvalue weighted by atomic mass is 10.1. The van der Waals surface area contributed by atoms with Gasteiger partial charge in [-0.2, -0.15) is 0 Å².